The van der Waals surface area contributed by atoms with Gasteiger partial charge in [-0.3, -0.25) is 9.59 Å². The van der Waals surface area contributed by atoms with Crippen LogP contribution in [0.2, 0.25) is 0 Å². The zero-order valence-corrected chi connectivity index (χ0v) is 15.6. The van der Waals surface area contributed by atoms with E-state index in [4.69, 9.17) is 9.47 Å². The first kappa shape index (κ1) is 18.7. The number of rotatable bonds is 6. The second-order valence-corrected chi connectivity index (χ2v) is 8.75. The van der Waals surface area contributed by atoms with Crippen LogP contribution in [0.25, 0.3) is 0 Å². The summed E-state index contributed by atoms with van der Waals surface area (Å²) in [6.07, 6.45) is 0.615. The maximum absolute atomic E-state index is 12.5. The molecule has 0 N–H and O–H groups in total. The summed E-state index contributed by atoms with van der Waals surface area (Å²) in [5, 5.41) is 0. The lowest BCUT2D eigenvalue weighted by molar-refractivity contribution is -0.132. The summed E-state index contributed by atoms with van der Waals surface area (Å²) in [7, 11) is -3.05. The number of hydrogen-bond acceptors (Lipinski definition) is 6. The molecule has 1 amide bonds. The smallest absolute Gasteiger partial charge is 0.223 e. The summed E-state index contributed by atoms with van der Waals surface area (Å²) >= 11 is 0. The van der Waals surface area contributed by atoms with E-state index in [0.717, 1.165) is 0 Å². The lowest BCUT2D eigenvalue weighted by Crippen LogP contribution is -2.41. The van der Waals surface area contributed by atoms with Gasteiger partial charge in [0.25, 0.3) is 0 Å². The fourth-order valence-corrected chi connectivity index (χ4v) is 5.12. The summed E-state index contributed by atoms with van der Waals surface area (Å²) in [6, 6.07) is 4.73. The minimum Gasteiger partial charge on any atom is -0.486 e. The van der Waals surface area contributed by atoms with Gasteiger partial charge < -0.3 is 14.4 Å². The first-order valence-electron chi connectivity index (χ1n) is 8.82. The zero-order valence-electron chi connectivity index (χ0n) is 14.8. The monoisotopic (exact) mass is 381 g/mol. The van der Waals surface area contributed by atoms with Crippen LogP contribution in [0, 0.1) is 0 Å². The van der Waals surface area contributed by atoms with Gasteiger partial charge in [-0.15, -0.1) is 0 Å². The molecule has 0 saturated carbocycles. The summed E-state index contributed by atoms with van der Waals surface area (Å²) < 4.78 is 34.2. The molecule has 1 saturated heterocycles. The zero-order chi connectivity index (χ0) is 18.7. The average Bonchev–Trinajstić information content (AvgIpc) is 2.99. The number of carbonyl (C=O) groups excluding carboxylic acids is 2. The van der Waals surface area contributed by atoms with Crippen molar-refractivity contribution in [2.45, 2.75) is 32.2 Å². The van der Waals surface area contributed by atoms with Gasteiger partial charge in [-0.05, 0) is 31.5 Å². The van der Waals surface area contributed by atoms with Crippen LogP contribution in [0.1, 0.15) is 36.5 Å². The third kappa shape index (κ3) is 4.17. The Labute approximate surface area is 153 Å². The van der Waals surface area contributed by atoms with Gasteiger partial charge in [0.15, 0.2) is 27.1 Å². The number of ketones is 1. The van der Waals surface area contributed by atoms with Crippen LogP contribution in [0.5, 0.6) is 11.5 Å². The molecule has 1 aromatic rings. The highest BCUT2D eigenvalue weighted by atomic mass is 32.2. The number of carbonyl (C=O) groups is 2. The SMILES string of the molecule is CCN(C(=O)CCC(=O)c1ccc2c(c1)OCCO2)C1CCS(=O)(=O)C1. The Balaban J connectivity index is 1.59. The van der Waals surface area contributed by atoms with Gasteiger partial charge in [-0.2, -0.15) is 0 Å². The number of hydrogen-bond donors (Lipinski definition) is 0. The lowest BCUT2D eigenvalue weighted by atomic mass is 10.0. The largest absolute Gasteiger partial charge is 0.486 e. The van der Waals surface area contributed by atoms with E-state index in [0.29, 0.717) is 43.2 Å². The van der Waals surface area contributed by atoms with E-state index in [9.17, 15) is 18.0 Å². The molecule has 0 bridgehead atoms. The number of sulfone groups is 1. The molecule has 2 aliphatic heterocycles. The summed E-state index contributed by atoms with van der Waals surface area (Å²) in [6.45, 7) is 3.19. The normalized spacial score (nSPS) is 20.6. The van der Waals surface area contributed by atoms with E-state index < -0.39 is 9.84 Å². The third-order valence-electron chi connectivity index (χ3n) is 4.74. The topological polar surface area (TPSA) is 90.0 Å². The molecule has 3 rings (SSSR count). The molecular weight excluding hydrogens is 358 g/mol. The number of amides is 1. The third-order valence-corrected chi connectivity index (χ3v) is 6.49. The molecule has 7 nitrogen and oxygen atoms in total. The Hall–Kier alpha value is -2.09. The Morgan fingerprint density at radius 2 is 1.88 bits per heavy atom. The molecule has 1 fully saturated rings. The molecule has 2 aliphatic rings. The molecule has 8 heteroatoms. The number of benzene rings is 1. The van der Waals surface area contributed by atoms with Crippen molar-refractivity contribution in [1.82, 2.24) is 4.90 Å². The summed E-state index contributed by atoms with van der Waals surface area (Å²) in [5.41, 5.74) is 0.480. The first-order valence-corrected chi connectivity index (χ1v) is 10.6. The summed E-state index contributed by atoms with van der Waals surface area (Å²) in [5.74, 6) is 0.967. The predicted octanol–water partition coefficient (Wildman–Crippen LogP) is 1.46. The van der Waals surface area contributed by atoms with Gasteiger partial charge in [0, 0.05) is 31.0 Å². The summed E-state index contributed by atoms with van der Waals surface area (Å²) in [4.78, 5) is 26.5. The highest BCUT2D eigenvalue weighted by Gasteiger charge is 2.33. The van der Waals surface area contributed by atoms with Crippen molar-refractivity contribution in [3.63, 3.8) is 0 Å². The number of Topliss-reactive ketones (excluding diaryl/α,β-unsaturated/α-hetero) is 1. The standard InChI is InChI=1S/C18H23NO6S/c1-2-19(14-7-10-26(22,23)12-14)18(21)6-4-15(20)13-3-5-16-17(11-13)25-9-8-24-16/h3,5,11,14H,2,4,6-10,12H2,1H3. The molecule has 142 valence electrons. The van der Waals surface area contributed by atoms with Crippen LogP contribution < -0.4 is 9.47 Å². The van der Waals surface area contributed by atoms with Crippen LogP contribution in [0.15, 0.2) is 18.2 Å². The van der Waals surface area contributed by atoms with Crippen molar-refractivity contribution in [1.29, 1.82) is 0 Å². The highest BCUT2D eigenvalue weighted by molar-refractivity contribution is 7.91. The maximum Gasteiger partial charge on any atom is 0.223 e. The van der Waals surface area contributed by atoms with E-state index >= 15 is 0 Å². The van der Waals surface area contributed by atoms with Gasteiger partial charge >= 0.3 is 0 Å². The van der Waals surface area contributed by atoms with E-state index in [1.165, 1.54) is 0 Å². The molecule has 0 aromatic heterocycles. The van der Waals surface area contributed by atoms with Crippen molar-refractivity contribution < 1.29 is 27.5 Å². The van der Waals surface area contributed by atoms with Crippen LogP contribution >= 0.6 is 0 Å². The number of nitrogens with zero attached hydrogens (tertiary/aromatic N) is 1. The molecule has 2 heterocycles. The lowest BCUT2D eigenvalue weighted by Gasteiger charge is -2.26. The van der Waals surface area contributed by atoms with Crippen molar-refractivity contribution in [3.05, 3.63) is 23.8 Å². The maximum atomic E-state index is 12.5. The Morgan fingerprint density at radius 1 is 1.15 bits per heavy atom. The second kappa shape index (κ2) is 7.65. The fourth-order valence-electron chi connectivity index (χ4n) is 3.38. The van der Waals surface area contributed by atoms with Crippen molar-refractivity contribution in [2.24, 2.45) is 0 Å². The quantitative estimate of drug-likeness (QED) is 0.693. The molecule has 1 aromatic carbocycles. The second-order valence-electron chi connectivity index (χ2n) is 6.52. The first-order chi connectivity index (χ1) is 12.4. The predicted molar refractivity (Wildman–Crippen MR) is 95.4 cm³/mol. The van der Waals surface area contributed by atoms with Crippen molar-refractivity contribution in [2.75, 3.05) is 31.3 Å². The van der Waals surface area contributed by atoms with Crippen LogP contribution in [-0.4, -0.2) is 62.3 Å². The van der Waals surface area contributed by atoms with Crippen molar-refractivity contribution in [3.8, 4) is 11.5 Å². The van der Waals surface area contributed by atoms with Gasteiger partial charge in [-0.25, -0.2) is 8.42 Å². The Bertz CT molecular complexity index is 804. The number of ether oxygens (including phenoxy) is 2. The molecule has 0 spiro atoms. The van der Waals surface area contributed by atoms with Gasteiger partial charge in [0.05, 0.1) is 11.5 Å². The molecule has 0 aliphatic carbocycles. The molecule has 26 heavy (non-hydrogen) atoms. The van der Waals surface area contributed by atoms with E-state index in [1.54, 1.807) is 23.1 Å². The minimum absolute atomic E-state index is 0.0166. The van der Waals surface area contributed by atoms with Gasteiger partial charge in [-0.1, -0.05) is 0 Å². The van der Waals surface area contributed by atoms with Gasteiger partial charge in [0.2, 0.25) is 5.91 Å². The van der Waals surface area contributed by atoms with Crippen LogP contribution in [-0.2, 0) is 14.6 Å². The molecule has 0 radical (unpaired) electrons. The van der Waals surface area contributed by atoms with Gasteiger partial charge in [0.1, 0.15) is 13.2 Å². The van der Waals surface area contributed by atoms with E-state index in [-0.39, 0.29) is 42.1 Å². The van der Waals surface area contributed by atoms with Crippen molar-refractivity contribution >= 4 is 21.5 Å². The average molecular weight is 381 g/mol. The van der Waals surface area contributed by atoms with Crippen LogP contribution in [0.4, 0.5) is 0 Å². The Morgan fingerprint density at radius 3 is 2.54 bits per heavy atom. The Kier molecular flexibility index (Phi) is 5.50. The highest BCUT2D eigenvalue weighted by Crippen LogP contribution is 2.31. The van der Waals surface area contributed by atoms with E-state index in [1.807, 2.05) is 6.92 Å². The molecular formula is C18H23NO6S. The molecule has 1 atom stereocenters. The fraction of sp³-hybridized carbons (Fsp3) is 0.556. The van der Waals surface area contributed by atoms with E-state index in [2.05, 4.69) is 0 Å². The minimum atomic E-state index is -3.05. The van der Waals surface area contributed by atoms with Crippen LogP contribution in [0.3, 0.4) is 0 Å². The number of fused-ring (bicyclic) bond motifs is 1. The molecule has 1 unspecified atom stereocenters.